The fraction of sp³-hybridized carbons (Fsp3) is 0.500. The van der Waals surface area contributed by atoms with Gasteiger partial charge in [0.1, 0.15) is 0 Å². The number of hydrogen-bond donors (Lipinski definition) is 1. The van der Waals surface area contributed by atoms with Gasteiger partial charge in [-0.25, -0.2) is 0 Å². The largest absolute Gasteiger partial charge is 0.385 e. The van der Waals surface area contributed by atoms with Crippen LogP contribution >= 0.6 is 11.6 Å². The Bertz CT molecular complexity index is 333. The third-order valence-corrected chi connectivity index (χ3v) is 3.23. The third-order valence-electron chi connectivity index (χ3n) is 2.99. The van der Waals surface area contributed by atoms with E-state index in [4.69, 9.17) is 11.6 Å². The van der Waals surface area contributed by atoms with Crippen LogP contribution in [0.25, 0.3) is 0 Å². The van der Waals surface area contributed by atoms with Crippen LogP contribution in [-0.2, 0) is 0 Å². The van der Waals surface area contributed by atoms with Gasteiger partial charge in [-0.1, -0.05) is 31.5 Å². The normalized spacial score (nSPS) is 20.4. The Morgan fingerprint density at radius 2 is 2.21 bits per heavy atom. The molecule has 0 spiro atoms. The van der Waals surface area contributed by atoms with Crippen LogP contribution in [0.15, 0.2) is 18.2 Å². The molecule has 0 aliphatic carbocycles. The molecule has 0 saturated heterocycles. The first kappa shape index (κ1) is 9.85. The lowest BCUT2D eigenvalue weighted by molar-refractivity contribution is 0.469. The maximum atomic E-state index is 5.96. The summed E-state index contributed by atoms with van der Waals surface area (Å²) in [6.07, 6.45) is 1.23. The summed E-state index contributed by atoms with van der Waals surface area (Å²) in [5.41, 5.74) is 2.65. The zero-order chi connectivity index (χ0) is 10.1. The van der Waals surface area contributed by atoms with Crippen LogP contribution in [-0.4, -0.2) is 6.54 Å². The van der Waals surface area contributed by atoms with E-state index in [2.05, 4.69) is 25.2 Å². The minimum atomic E-state index is 0.684. The molecule has 1 atom stereocenters. The second-order valence-electron chi connectivity index (χ2n) is 4.30. The third kappa shape index (κ3) is 1.74. The molecule has 1 aromatic carbocycles. The molecule has 0 fully saturated rings. The van der Waals surface area contributed by atoms with E-state index in [0.717, 1.165) is 11.6 Å². The first-order valence-electron chi connectivity index (χ1n) is 5.22. The second kappa shape index (κ2) is 3.82. The Morgan fingerprint density at radius 3 is 2.93 bits per heavy atom. The quantitative estimate of drug-likeness (QED) is 0.740. The lowest BCUT2D eigenvalue weighted by Crippen LogP contribution is -2.20. The van der Waals surface area contributed by atoms with Crippen molar-refractivity contribution in [3.63, 3.8) is 0 Å². The first-order valence-corrected chi connectivity index (χ1v) is 5.59. The van der Waals surface area contributed by atoms with Crippen LogP contribution in [0.3, 0.4) is 0 Å². The smallest absolute Gasteiger partial charge is 0.0426 e. The van der Waals surface area contributed by atoms with Gasteiger partial charge in [0, 0.05) is 17.3 Å². The molecule has 0 bridgehead atoms. The van der Waals surface area contributed by atoms with Crippen LogP contribution < -0.4 is 5.32 Å². The Morgan fingerprint density at radius 1 is 1.43 bits per heavy atom. The molecule has 1 unspecified atom stereocenters. The highest BCUT2D eigenvalue weighted by Gasteiger charge is 2.22. The Balaban J connectivity index is 2.40. The fourth-order valence-corrected chi connectivity index (χ4v) is 2.39. The van der Waals surface area contributed by atoms with Crippen LogP contribution in [0.1, 0.15) is 31.7 Å². The van der Waals surface area contributed by atoms with E-state index in [1.807, 2.05) is 12.1 Å². The molecular formula is C12H16ClN. The van der Waals surface area contributed by atoms with Crippen molar-refractivity contribution in [2.75, 3.05) is 11.9 Å². The van der Waals surface area contributed by atoms with Crippen molar-refractivity contribution in [1.82, 2.24) is 0 Å². The lowest BCUT2D eigenvalue weighted by atomic mass is 9.83. The maximum absolute atomic E-state index is 5.96. The van der Waals surface area contributed by atoms with Gasteiger partial charge in [0.2, 0.25) is 0 Å². The minimum Gasteiger partial charge on any atom is -0.385 e. The molecule has 0 radical (unpaired) electrons. The van der Waals surface area contributed by atoms with Gasteiger partial charge in [0.25, 0.3) is 0 Å². The van der Waals surface area contributed by atoms with Gasteiger partial charge in [-0.2, -0.15) is 0 Å². The zero-order valence-electron chi connectivity index (χ0n) is 8.68. The van der Waals surface area contributed by atoms with Crippen LogP contribution in [0.4, 0.5) is 5.69 Å². The number of halogens is 1. The van der Waals surface area contributed by atoms with E-state index in [-0.39, 0.29) is 0 Å². The van der Waals surface area contributed by atoms with Gasteiger partial charge < -0.3 is 5.32 Å². The highest BCUT2D eigenvalue weighted by atomic mass is 35.5. The molecule has 2 heteroatoms. The molecular weight excluding hydrogens is 194 g/mol. The molecule has 1 aliphatic rings. The van der Waals surface area contributed by atoms with E-state index in [0.29, 0.717) is 11.8 Å². The number of rotatable bonds is 1. The SMILES string of the molecule is CC(C)C1CCNc2cc(Cl)ccc21. The van der Waals surface area contributed by atoms with Crippen LogP contribution in [0.2, 0.25) is 5.02 Å². The van der Waals surface area contributed by atoms with Crippen molar-refractivity contribution < 1.29 is 0 Å². The maximum Gasteiger partial charge on any atom is 0.0426 e. The van der Waals surface area contributed by atoms with Crippen molar-refractivity contribution in [2.45, 2.75) is 26.2 Å². The first-order chi connectivity index (χ1) is 6.68. The number of anilines is 1. The highest BCUT2D eigenvalue weighted by Crippen LogP contribution is 2.37. The topological polar surface area (TPSA) is 12.0 Å². The number of benzene rings is 1. The summed E-state index contributed by atoms with van der Waals surface area (Å²) in [5, 5.41) is 4.22. The Hall–Kier alpha value is -0.690. The predicted octanol–water partition coefficient (Wildman–Crippen LogP) is 3.90. The van der Waals surface area contributed by atoms with Crippen molar-refractivity contribution in [3.8, 4) is 0 Å². The van der Waals surface area contributed by atoms with Gasteiger partial charge in [-0.15, -0.1) is 0 Å². The molecule has 76 valence electrons. The summed E-state index contributed by atoms with van der Waals surface area (Å²) in [6, 6.07) is 6.18. The molecule has 0 amide bonds. The molecule has 1 aliphatic heterocycles. The molecule has 1 heterocycles. The van der Waals surface area contributed by atoms with Crippen molar-refractivity contribution in [3.05, 3.63) is 28.8 Å². The Kier molecular flexibility index (Phi) is 2.69. The molecule has 1 nitrogen and oxygen atoms in total. The number of hydrogen-bond acceptors (Lipinski definition) is 1. The van der Waals surface area contributed by atoms with Crippen LogP contribution in [0.5, 0.6) is 0 Å². The summed E-state index contributed by atoms with van der Waals surface area (Å²) < 4.78 is 0. The minimum absolute atomic E-state index is 0.684. The summed E-state index contributed by atoms with van der Waals surface area (Å²) in [6.45, 7) is 5.64. The highest BCUT2D eigenvalue weighted by molar-refractivity contribution is 6.30. The monoisotopic (exact) mass is 209 g/mol. The van der Waals surface area contributed by atoms with Crippen LogP contribution in [0, 0.1) is 5.92 Å². The predicted molar refractivity (Wildman–Crippen MR) is 62.1 cm³/mol. The molecule has 1 aromatic rings. The summed E-state index contributed by atoms with van der Waals surface area (Å²) in [7, 11) is 0. The molecule has 0 saturated carbocycles. The molecule has 0 aromatic heterocycles. The molecule has 14 heavy (non-hydrogen) atoms. The van der Waals surface area contributed by atoms with E-state index < -0.39 is 0 Å². The van der Waals surface area contributed by atoms with Gasteiger partial charge in [0.15, 0.2) is 0 Å². The average Bonchev–Trinajstić information content (AvgIpc) is 2.16. The van der Waals surface area contributed by atoms with Gasteiger partial charge in [-0.3, -0.25) is 0 Å². The zero-order valence-corrected chi connectivity index (χ0v) is 9.43. The summed E-state index contributed by atoms with van der Waals surface area (Å²) in [5.74, 6) is 1.39. The Labute approximate surface area is 90.5 Å². The summed E-state index contributed by atoms with van der Waals surface area (Å²) >= 11 is 5.96. The van der Waals surface area contributed by atoms with Crippen molar-refractivity contribution >= 4 is 17.3 Å². The summed E-state index contributed by atoms with van der Waals surface area (Å²) in [4.78, 5) is 0. The van der Waals surface area contributed by atoms with E-state index in [1.54, 1.807) is 0 Å². The molecule has 2 rings (SSSR count). The van der Waals surface area contributed by atoms with E-state index >= 15 is 0 Å². The fourth-order valence-electron chi connectivity index (χ4n) is 2.22. The van der Waals surface area contributed by atoms with E-state index in [1.165, 1.54) is 17.7 Å². The van der Waals surface area contributed by atoms with Gasteiger partial charge in [-0.05, 0) is 36.0 Å². The lowest BCUT2D eigenvalue weighted by Gasteiger charge is -2.29. The van der Waals surface area contributed by atoms with Crippen molar-refractivity contribution in [2.24, 2.45) is 5.92 Å². The number of nitrogens with one attached hydrogen (secondary N) is 1. The second-order valence-corrected chi connectivity index (χ2v) is 4.73. The standard InChI is InChI=1S/C12H16ClN/c1-8(2)10-5-6-14-12-7-9(13)3-4-11(10)12/h3-4,7-8,10,14H,5-6H2,1-2H3. The number of fused-ring (bicyclic) bond motifs is 1. The van der Waals surface area contributed by atoms with Crippen molar-refractivity contribution in [1.29, 1.82) is 0 Å². The molecule has 1 N–H and O–H groups in total. The average molecular weight is 210 g/mol. The van der Waals surface area contributed by atoms with Gasteiger partial charge in [0.05, 0.1) is 0 Å². The van der Waals surface area contributed by atoms with Gasteiger partial charge >= 0.3 is 0 Å². The van der Waals surface area contributed by atoms with E-state index in [9.17, 15) is 0 Å².